The molecule has 0 aliphatic heterocycles. The van der Waals surface area contributed by atoms with Gasteiger partial charge in [0.15, 0.2) is 0 Å². The van der Waals surface area contributed by atoms with Gasteiger partial charge in [-0.1, -0.05) is 60.7 Å². The molecule has 22 heavy (non-hydrogen) atoms. The van der Waals surface area contributed by atoms with E-state index >= 15 is 0 Å². The molecule has 0 aliphatic carbocycles. The number of hydrogen-bond donors (Lipinski definition) is 0. The predicted molar refractivity (Wildman–Crippen MR) is 79.5 cm³/mol. The summed E-state index contributed by atoms with van der Waals surface area (Å²) in [6.45, 7) is 0.576. The zero-order chi connectivity index (χ0) is 15.2. The van der Waals surface area contributed by atoms with Gasteiger partial charge in [0.1, 0.15) is 0 Å². The predicted octanol–water partition coefficient (Wildman–Crippen LogP) is 1.64. The molecule has 0 N–H and O–H groups in total. The molecule has 0 atom stereocenters. The summed E-state index contributed by atoms with van der Waals surface area (Å²) in [5.41, 5.74) is 2.02. The molecule has 3 rings (SSSR count). The molecule has 0 fully saturated rings. The van der Waals surface area contributed by atoms with E-state index in [2.05, 4.69) is 10.3 Å². The van der Waals surface area contributed by atoms with Crippen LogP contribution in [0.15, 0.2) is 76.4 Å². The third-order valence-electron chi connectivity index (χ3n) is 3.12. The monoisotopic (exact) mass is 293 g/mol. The van der Waals surface area contributed by atoms with Crippen LogP contribution in [0.5, 0.6) is 0 Å². The van der Waals surface area contributed by atoms with E-state index in [1.54, 1.807) is 10.9 Å². The molecule has 3 aromatic rings. The summed E-state index contributed by atoms with van der Waals surface area (Å²) in [6, 6.07) is 19.4. The van der Waals surface area contributed by atoms with Gasteiger partial charge in [-0.25, -0.2) is 4.99 Å². The summed E-state index contributed by atoms with van der Waals surface area (Å²) in [5, 5.41) is 15.8. The quantitative estimate of drug-likeness (QED) is 0.408. The lowest BCUT2D eigenvalue weighted by molar-refractivity contribution is -0.754. The zero-order valence-corrected chi connectivity index (χ0v) is 11.9. The Hall–Kier alpha value is -2.95. The maximum absolute atomic E-state index is 11.9. The van der Waals surface area contributed by atoms with Gasteiger partial charge in [0.25, 0.3) is 6.20 Å². The lowest BCUT2D eigenvalue weighted by Gasteiger charge is -2.08. The van der Waals surface area contributed by atoms with Gasteiger partial charge in [0, 0.05) is 12.0 Å². The van der Waals surface area contributed by atoms with Crippen molar-refractivity contribution in [2.75, 3.05) is 0 Å². The third kappa shape index (κ3) is 3.79. The summed E-state index contributed by atoms with van der Waals surface area (Å²) in [4.78, 5) is 3.93. The molecular weight excluding hydrogens is 278 g/mol. The highest BCUT2D eigenvalue weighted by Crippen LogP contribution is 2.08. The number of aromatic nitrogens is 2. The van der Waals surface area contributed by atoms with E-state index in [0.29, 0.717) is 6.54 Å². The molecule has 2 aromatic carbocycles. The van der Waals surface area contributed by atoms with Crippen LogP contribution in [-0.2, 0) is 13.0 Å². The smallest absolute Gasteiger partial charge is 0.320 e. The van der Waals surface area contributed by atoms with Crippen molar-refractivity contribution in [3.05, 3.63) is 78.0 Å². The molecule has 0 unspecified atom stereocenters. The lowest BCUT2D eigenvalue weighted by atomic mass is 10.1. The molecule has 0 aliphatic rings. The molecule has 1 aromatic heterocycles. The Bertz CT molecular complexity index is 752. The maximum Gasteiger partial charge on any atom is 0.320 e. The van der Waals surface area contributed by atoms with Crippen LogP contribution in [0, 0.1) is 0 Å². The van der Waals surface area contributed by atoms with Crippen LogP contribution in [0.1, 0.15) is 11.1 Å². The Balaban J connectivity index is 1.67. The minimum absolute atomic E-state index is 0.219. The molecular formula is C17H15N3O2. The third-order valence-corrected chi connectivity index (χ3v) is 3.12. The van der Waals surface area contributed by atoms with Crippen LogP contribution >= 0.6 is 0 Å². The fourth-order valence-corrected chi connectivity index (χ4v) is 2.10. The largest absolute Gasteiger partial charge is 0.861 e. The van der Waals surface area contributed by atoms with Crippen molar-refractivity contribution in [2.45, 2.75) is 13.0 Å². The van der Waals surface area contributed by atoms with Gasteiger partial charge in [0.05, 0.1) is 0 Å². The van der Waals surface area contributed by atoms with Gasteiger partial charge in [-0.2, -0.15) is 0 Å². The van der Waals surface area contributed by atoms with E-state index in [9.17, 15) is 5.11 Å². The second kappa shape index (κ2) is 6.67. The van der Waals surface area contributed by atoms with Crippen LogP contribution in [-0.4, -0.2) is 11.2 Å². The zero-order valence-electron chi connectivity index (χ0n) is 11.9. The van der Waals surface area contributed by atoms with Crippen molar-refractivity contribution in [2.24, 2.45) is 4.99 Å². The molecule has 0 saturated carbocycles. The van der Waals surface area contributed by atoms with Crippen molar-refractivity contribution >= 4 is 11.8 Å². The van der Waals surface area contributed by atoms with E-state index in [4.69, 9.17) is 4.52 Å². The highest BCUT2D eigenvalue weighted by molar-refractivity contribution is 5.76. The van der Waals surface area contributed by atoms with Crippen molar-refractivity contribution in [3.63, 3.8) is 0 Å². The Morgan fingerprint density at radius 3 is 2.32 bits per heavy atom. The number of rotatable bonds is 5. The number of benzene rings is 2. The molecule has 0 bridgehead atoms. The standard InChI is InChI=1S/C17H15N3O2/c21-16(11-14-7-3-1-4-8-14)18-17-13-20(19-22-17)12-15-9-5-2-6-10-15/h1-10,13H,11-12H2. The van der Waals surface area contributed by atoms with Crippen LogP contribution in [0.4, 0.5) is 5.88 Å². The number of aliphatic imine (C=N–C) groups is 1. The van der Waals surface area contributed by atoms with Gasteiger partial charge in [-0.15, -0.1) is 0 Å². The molecule has 0 spiro atoms. The van der Waals surface area contributed by atoms with Gasteiger partial charge < -0.3 is 5.11 Å². The van der Waals surface area contributed by atoms with Crippen LogP contribution < -0.4 is 9.79 Å². The van der Waals surface area contributed by atoms with Gasteiger partial charge in [0.2, 0.25) is 11.8 Å². The van der Waals surface area contributed by atoms with Gasteiger partial charge >= 0.3 is 5.88 Å². The number of hydrogen-bond acceptors (Lipinski definition) is 4. The van der Waals surface area contributed by atoms with Gasteiger partial charge in [-0.3, -0.25) is 4.52 Å². The average molecular weight is 293 g/mol. The Morgan fingerprint density at radius 1 is 1.00 bits per heavy atom. The molecule has 1 heterocycles. The van der Waals surface area contributed by atoms with E-state index in [0.717, 1.165) is 11.1 Å². The maximum atomic E-state index is 11.9. The minimum atomic E-state index is -0.255. The first-order valence-electron chi connectivity index (χ1n) is 6.98. The Morgan fingerprint density at radius 2 is 1.64 bits per heavy atom. The van der Waals surface area contributed by atoms with Crippen molar-refractivity contribution < 1.29 is 14.3 Å². The normalized spacial score (nSPS) is 11.5. The summed E-state index contributed by atoms with van der Waals surface area (Å²) in [5.74, 6) is -0.0360. The molecule has 5 nitrogen and oxygen atoms in total. The first-order chi connectivity index (χ1) is 10.8. The minimum Gasteiger partial charge on any atom is -0.861 e. The van der Waals surface area contributed by atoms with E-state index in [1.165, 1.54) is 0 Å². The average Bonchev–Trinajstić information content (AvgIpc) is 2.96. The fraction of sp³-hybridized carbons (Fsp3) is 0.118. The van der Waals surface area contributed by atoms with Crippen LogP contribution in [0.2, 0.25) is 0 Å². The Labute approximate surface area is 128 Å². The summed E-state index contributed by atoms with van der Waals surface area (Å²) < 4.78 is 6.69. The lowest BCUT2D eigenvalue weighted by Crippen LogP contribution is -2.34. The highest BCUT2D eigenvalue weighted by Gasteiger charge is 2.11. The second-order valence-corrected chi connectivity index (χ2v) is 4.89. The van der Waals surface area contributed by atoms with Gasteiger partial charge in [-0.05, 0) is 16.1 Å². The summed E-state index contributed by atoms with van der Waals surface area (Å²) in [7, 11) is 0. The molecule has 0 radical (unpaired) electrons. The molecule has 110 valence electrons. The highest BCUT2D eigenvalue weighted by atomic mass is 16.5. The van der Waals surface area contributed by atoms with Crippen LogP contribution in [0.3, 0.4) is 0 Å². The van der Waals surface area contributed by atoms with Crippen molar-refractivity contribution in [1.29, 1.82) is 0 Å². The number of nitrogens with zero attached hydrogens (tertiary/aromatic N) is 3. The van der Waals surface area contributed by atoms with Crippen molar-refractivity contribution in [1.82, 2.24) is 5.27 Å². The molecule has 5 heteroatoms. The first-order valence-corrected chi connectivity index (χ1v) is 6.98. The second-order valence-electron chi connectivity index (χ2n) is 4.89. The summed E-state index contributed by atoms with van der Waals surface area (Å²) >= 11 is 0. The SMILES string of the molecule is [O-]/C(Cc1ccccc1)=N\c1c[n+](Cc2ccccc2)no1. The summed E-state index contributed by atoms with van der Waals surface area (Å²) in [6.07, 6.45) is 1.87. The van der Waals surface area contributed by atoms with E-state index in [1.807, 2.05) is 60.7 Å². The Kier molecular flexibility index (Phi) is 4.25. The fourth-order valence-electron chi connectivity index (χ4n) is 2.10. The van der Waals surface area contributed by atoms with E-state index < -0.39 is 0 Å². The first kappa shape index (κ1) is 14.0. The molecule has 0 saturated heterocycles. The van der Waals surface area contributed by atoms with Crippen LogP contribution in [0.25, 0.3) is 0 Å². The molecule has 0 amide bonds. The van der Waals surface area contributed by atoms with E-state index in [-0.39, 0.29) is 18.2 Å². The topological polar surface area (TPSA) is 65.3 Å². The van der Waals surface area contributed by atoms with Crippen molar-refractivity contribution in [3.8, 4) is 0 Å².